The maximum absolute atomic E-state index is 12.7. The molecule has 2 aromatic rings. The molecule has 1 aromatic carbocycles. The molecule has 8 heteroatoms. The van der Waals surface area contributed by atoms with Crippen LogP contribution in [0.15, 0.2) is 22.7 Å². The molecule has 3 rings (SSSR count). The average Bonchev–Trinajstić information content (AvgIpc) is 3.33. The molecule has 128 valence electrons. The van der Waals surface area contributed by atoms with Crippen molar-refractivity contribution in [3.8, 4) is 5.75 Å². The summed E-state index contributed by atoms with van der Waals surface area (Å²) in [7, 11) is 1.66. The minimum absolute atomic E-state index is 0.224. The zero-order valence-corrected chi connectivity index (χ0v) is 14.1. The van der Waals surface area contributed by atoms with Crippen LogP contribution in [0.5, 0.6) is 5.75 Å². The Morgan fingerprint density at radius 2 is 2.29 bits per heavy atom. The van der Waals surface area contributed by atoms with E-state index < -0.39 is 0 Å². The third-order valence-corrected chi connectivity index (χ3v) is 3.93. The van der Waals surface area contributed by atoms with Crippen molar-refractivity contribution in [2.45, 2.75) is 25.3 Å². The molecule has 2 N–H and O–H groups in total. The van der Waals surface area contributed by atoms with Crippen LogP contribution in [0, 0.1) is 0 Å². The zero-order valence-electron chi connectivity index (χ0n) is 13.4. The summed E-state index contributed by atoms with van der Waals surface area (Å²) in [5.74, 6) is 1.76. The van der Waals surface area contributed by atoms with E-state index in [1.807, 2.05) is 0 Å². The highest BCUT2D eigenvalue weighted by molar-refractivity contribution is 6.31. The van der Waals surface area contributed by atoms with E-state index in [0.29, 0.717) is 41.3 Å². The lowest BCUT2D eigenvalue weighted by atomic mass is 10.1. The Hall–Kier alpha value is -2.12. The number of benzene rings is 1. The van der Waals surface area contributed by atoms with Gasteiger partial charge in [0, 0.05) is 24.5 Å². The summed E-state index contributed by atoms with van der Waals surface area (Å²) >= 11 is 6.01. The summed E-state index contributed by atoms with van der Waals surface area (Å²) in [4.78, 5) is 18.5. The van der Waals surface area contributed by atoms with Gasteiger partial charge in [0.05, 0.1) is 12.1 Å². The lowest BCUT2D eigenvalue weighted by molar-refractivity contribution is 0.0765. The molecular formula is C16H19ClN4O3. The highest BCUT2D eigenvalue weighted by atomic mass is 35.5. The lowest BCUT2D eigenvalue weighted by Crippen LogP contribution is -2.27. The van der Waals surface area contributed by atoms with Gasteiger partial charge in [0.2, 0.25) is 5.89 Å². The molecule has 1 aliphatic rings. The number of ether oxygens (including phenoxy) is 1. The first-order valence-corrected chi connectivity index (χ1v) is 8.16. The van der Waals surface area contributed by atoms with E-state index in [0.717, 1.165) is 18.7 Å². The predicted molar refractivity (Wildman–Crippen MR) is 88.1 cm³/mol. The minimum Gasteiger partial charge on any atom is -0.491 e. The first kappa shape index (κ1) is 16.7. The molecule has 0 radical (unpaired) electrons. The number of aromatic nitrogens is 2. The smallest absolute Gasteiger partial charge is 0.257 e. The third kappa shape index (κ3) is 3.85. The molecule has 1 saturated carbocycles. The molecule has 0 unspecified atom stereocenters. The average molecular weight is 351 g/mol. The van der Waals surface area contributed by atoms with Crippen LogP contribution in [-0.4, -0.2) is 41.1 Å². The van der Waals surface area contributed by atoms with Crippen molar-refractivity contribution in [2.24, 2.45) is 5.73 Å². The van der Waals surface area contributed by atoms with Crippen LogP contribution >= 0.6 is 11.6 Å². The third-order valence-electron chi connectivity index (χ3n) is 3.69. The van der Waals surface area contributed by atoms with E-state index in [2.05, 4.69) is 10.1 Å². The Balaban J connectivity index is 1.72. The number of nitrogens with two attached hydrogens (primary N) is 1. The molecule has 0 saturated heterocycles. The van der Waals surface area contributed by atoms with E-state index in [1.54, 1.807) is 25.2 Å². The van der Waals surface area contributed by atoms with Crippen molar-refractivity contribution in [3.05, 3.63) is 40.5 Å². The molecule has 0 spiro atoms. The number of carbonyl (C=O) groups is 1. The summed E-state index contributed by atoms with van der Waals surface area (Å²) in [5, 5.41) is 4.41. The normalized spacial score (nSPS) is 13.8. The summed E-state index contributed by atoms with van der Waals surface area (Å²) in [6.07, 6.45) is 2.19. The SMILES string of the molecule is CN(Cc1nc(C2CC2)no1)C(=O)c1cc(Cl)ccc1OCCN. The maximum atomic E-state index is 12.7. The first-order chi connectivity index (χ1) is 11.6. The molecule has 1 aromatic heterocycles. The van der Waals surface area contributed by atoms with Crippen molar-refractivity contribution in [3.63, 3.8) is 0 Å². The molecule has 7 nitrogen and oxygen atoms in total. The second-order valence-electron chi connectivity index (χ2n) is 5.76. The molecular weight excluding hydrogens is 332 g/mol. The molecule has 0 aliphatic heterocycles. The first-order valence-electron chi connectivity index (χ1n) is 7.79. The van der Waals surface area contributed by atoms with Crippen LogP contribution in [0.25, 0.3) is 0 Å². The summed E-state index contributed by atoms with van der Waals surface area (Å²) < 4.78 is 10.7. The van der Waals surface area contributed by atoms with Gasteiger partial charge in [0.1, 0.15) is 12.4 Å². The van der Waals surface area contributed by atoms with Gasteiger partial charge in [-0.3, -0.25) is 4.79 Å². The fourth-order valence-electron chi connectivity index (χ4n) is 2.28. The number of amides is 1. The molecule has 0 bridgehead atoms. The Labute approximate surface area is 144 Å². The van der Waals surface area contributed by atoms with E-state index in [9.17, 15) is 4.79 Å². The topological polar surface area (TPSA) is 94.5 Å². The van der Waals surface area contributed by atoms with Crippen LogP contribution in [-0.2, 0) is 6.54 Å². The van der Waals surface area contributed by atoms with Gasteiger partial charge in [-0.25, -0.2) is 0 Å². The Bertz CT molecular complexity index is 730. The molecule has 1 fully saturated rings. The van der Waals surface area contributed by atoms with Gasteiger partial charge >= 0.3 is 0 Å². The largest absolute Gasteiger partial charge is 0.491 e. The van der Waals surface area contributed by atoms with Gasteiger partial charge in [-0.1, -0.05) is 16.8 Å². The van der Waals surface area contributed by atoms with Crippen molar-refractivity contribution in [2.75, 3.05) is 20.2 Å². The number of hydrogen-bond donors (Lipinski definition) is 1. The monoisotopic (exact) mass is 350 g/mol. The molecule has 1 amide bonds. The Kier molecular flexibility index (Phi) is 5.01. The van der Waals surface area contributed by atoms with Gasteiger partial charge in [-0.2, -0.15) is 4.98 Å². The van der Waals surface area contributed by atoms with E-state index in [4.69, 9.17) is 26.6 Å². The highest BCUT2D eigenvalue weighted by Crippen LogP contribution is 2.38. The Morgan fingerprint density at radius 3 is 3.00 bits per heavy atom. The quantitative estimate of drug-likeness (QED) is 0.822. The predicted octanol–water partition coefficient (Wildman–Crippen LogP) is 2.21. The van der Waals surface area contributed by atoms with E-state index in [-0.39, 0.29) is 12.5 Å². The lowest BCUT2D eigenvalue weighted by Gasteiger charge is -2.17. The molecule has 1 aliphatic carbocycles. The van der Waals surface area contributed by atoms with E-state index in [1.165, 1.54) is 4.90 Å². The Morgan fingerprint density at radius 1 is 1.50 bits per heavy atom. The fraction of sp³-hybridized carbons (Fsp3) is 0.438. The standard InChI is InChI=1S/C16H19ClN4O3/c1-21(9-14-19-15(20-24-14)10-2-3-10)16(22)12-8-11(17)4-5-13(12)23-7-6-18/h4-5,8,10H,2-3,6-7,9,18H2,1H3. The maximum Gasteiger partial charge on any atom is 0.257 e. The van der Waals surface area contributed by atoms with Crippen molar-refractivity contribution in [1.29, 1.82) is 0 Å². The van der Waals surface area contributed by atoms with Gasteiger partial charge in [0.25, 0.3) is 5.91 Å². The summed E-state index contributed by atoms with van der Waals surface area (Å²) in [6, 6.07) is 4.91. The van der Waals surface area contributed by atoms with Crippen LogP contribution in [0.3, 0.4) is 0 Å². The number of carbonyl (C=O) groups excluding carboxylic acids is 1. The summed E-state index contributed by atoms with van der Waals surface area (Å²) in [5.41, 5.74) is 5.83. The van der Waals surface area contributed by atoms with Gasteiger partial charge < -0.3 is 19.9 Å². The van der Waals surface area contributed by atoms with Crippen LogP contribution in [0.4, 0.5) is 0 Å². The van der Waals surface area contributed by atoms with Crippen molar-refractivity contribution in [1.82, 2.24) is 15.0 Å². The second kappa shape index (κ2) is 7.19. The summed E-state index contributed by atoms with van der Waals surface area (Å²) in [6.45, 7) is 0.902. The highest BCUT2D eigenvalue weighted by Gasteiger charge is 2.29. The second-order valence-corrected chi connectivity index (χ2v) is 6.20. The van der Waals surface area contributed by atoms with E-state index >= 15 is 0 Å². The molecule has 1 heterocycles. The zero-order chi connectivity index (χ0) is 17.1. The van der Waals surface area contributed by atoms with Crippen molar-refractivity contribution >= 4 is 17.5 Å². The molecule has 0 atom stereocenters. The van der Waals surface area contributed by atoms with Crippen molar-refractivity contribution < 1.29 is 14.1 Å². The van der Waals surface area contributed by atoms with Crippen LogP contribution in [0.1, 0.15) is 40.8 Å². The number of nitrogens with zero attached hydrogens (tertiary/aromatic N) is 3. The van der Waals surface area contributed by atoms with Gasteiger partial charge in [-0.15, -0.1) is 0 Å². The number of hydrogen-bond acceptors (Lipinski definition) is 6. The van der Waals surface area contributed by atoms with Gasteiger partial charge in [0.15, 0.2) is 5.82 Å². The van der Waals surface area contributed by atoms with Gasteiger partial charge in [-0.05, 0) is 31.0 Å². The van der Waals surface area contributed by atoms with Crippen LogP contribution in [0.2, 0.25) is 5.02 Å². The molecule has 24 heavy (non-hydrogen) atoms. The van der Waals surface area contributed by atoms with Crippen LogP contribution < -0.4 is 10.5 Å². The fourth-order valence-corrected chi connectivity index (χ4v) is 2.46. The minimum atomic E-state index is -0.240. The number of rotatable bonds is 7. The number of halogens is 1.